The van der Waals surface area contributed by atoms with Gasteiger partial charge >= 0.3 is 0 Å². The number of nitrogens with zero attached hydrogens (tertiary/aromatic N) is 1. The zero-order valence-electron chi connectivity index (χ0n) is 13.8. The molecule has 1 aromatic rings. The van der Waals surface area contributed by atoms with Crippen molar-refractivity contribution in [3.63, 3.8) is 0 Å². The number of amides is 3. The van der Waals surface area contributed by atoms with Gasteiger partial charge in [-0.1, -0.05) is 18.6 Å². The summed E-state index contributed by atoms with van der Waals surface area (Å²) in [5.74, 6) is -0.699. The molecule has 2 unspecified atom stereocenters. The molecule has 6 nitrogen and oxygen atoms in total. The van der Waals surface area contributed by atoms with E-state index in [2.05, 4.69) is 17.6 Å². The third kappa shape index (κ3) is 3.44. The maximum Gasteiger partial charge on any atom is 0.262 e. The molecule has 24 heavy (non-hydrogen) atoms. The van der Waals surface area contributed by atoms with Crippen molar-refractivity contribution in [2.24, 2.45) is 5.92 Å². The van der Waals surface area contributed by atoms with Gasteiger partial charge in [0, 0.05) is 12.6 Å². The number of carbonyl (C=O) groups is 3. The molecule has 0 spiro atoms. The number of hydrogen-bond donors (Lipinski definition) is 2. The number of halogens is 1. The van der Waals surface area contributed by atoms with Crippen LogP contribution in [0.2, 0.25) is 0 Å². The van der Waals surface area contributed by atoms with E-state index in [0.29, 0.717) is 23.6 Å². The lowest BCUT2D eigenvalue weighted by atomic mass is 9.95. The van der Waals surface area contributed by atoms with E-state index in [-0.39, 0.29) is 30.9 Å². The van der Waals surface area contributed by atoms with Crippen LogP contribution in [0, 0.1) is 12.8 Å². The van der Waals surface area contributed by atoms with Crippen molar-refractivity contribution in [3.8, 4) is 0 Å². The number of fused-ring (bicyclic) bond motifs is 1. The number of hydrogen-bond acceptors (Lipinski definition) is 4. The normalized spacial score (nSPS) is 22.8. The highest BCUT2D eigenvalue weighted by Crippen LogP contribution is 2.23. The molecule has 0 aromatic heterocycles. The summed E-state index contributed by atoms with van der Waals surface area (Å²) in [4.78, 5) is 38.0. The molecule has 2 aliphatic heterocycles. The van der Waals surface area contributed by atoms with E-state index >= 15 is 0 Å². The van der Waals surface area contributed by atoms with E-state index in [1.54, 1.807) is 18.2 Å². The first-order valence-electron chi connectivity index (χ1n) is 7.94. The second-order valence-corrected chi connectivity index (χ2v) is 6.39. The van der Waals surface area contributed by atoms with Gasteiger partial charge in [-0.25, -0.2) is 0 Å². The quantitative estimate of drug-likeness (QED) is 0.800. The fourth-order valence-corrected chi connectivity index (χ4v) is 3.13. The predicted octanol–water partition coefficient (Wildman–Crippen LogP) is 1.13. The summed E-state index contributed by atoms with van der Waals surface area (Å²) in [6.45, 7) is 5.40. The average molecular weight is 352 g/mol. The van der Waals surface area contributed by atoms with Gasteiger partial charge in [0.15, 0.2) is 0 Å². The van der Waals surface area contributed by atoms with E-state index in [4.69, 9.17) is 0 Å². The van der Waals surface area contributed by atoms with Crippen LogP contribution in [0.5, 0.6) is 0 Å². The van der Waals surface area contributed by atoms with Crippen LogP contribution in [0.25, 0.3) is 0 Å². The number of rotatable bonds is 3. The molecule has 1 saturated heterocycles. The third-order valence-corrected chi connectivity index (χ3v) is 4.60. The van der Waals surface area contributed by atoms with Gasteiger partial charge in [-0.05, 0) is 37.9 Å². The van der Waals surface area contributed by atoms with Crippen LogP contribution < -0.4 is 10.6 Å². The Morgan fingerprint density at radius 1 is 1.29 bits per heavy atom. The highest BCUT2D eigenvalue weighted by Gasteiger charge is 2.37. The van der Waals surface area contributed by atoms with E-state index in [1.165, 1.54) is 0 Å². The maximum atomic E-state index is 12.4. The van der Waals surface area contributed by atoms with Gasteiger partial charge < -0.3 is 10.6 Å². The molecule has 2 atom stereocenters. The number of aryl methyl sites for hydroxylation is 1. The van der Waals surface area contributed by atoms with E-state index in [0.717, 1.165) is 23.4 Å². The molecule has 1 fully saturated rings. The zero-order chi connectivity index (χ0) is 16.6. The number of piperidine rings is 1. The summed E-state index contributed by atoms with van der Waals surface area (Å²) in [6, 6.07) is 5.17. The zero-order valence-corrected chi connectivity index (χ0v) is 14.6. The molecule has 2 heterocycles. The van der Waals surface area contributed by atoms with E-state index < -0.39 is 11.8 Å². The first kappa shape index (κ1) is 18.4. The van der Waals surface area contributed by atoms with Crippen LogP contribution in [0.4, 0.5) is 0 Å². The van der Waals surface area contributed by atoms with Crippen LogP contribution >= 0.6 is 12.4 Å². The molecular weight excluding hydrogens is 330 g/mol. The Kier molecular flexibility index (Phi) is 5.62. The number of carbonyl (C=O) groups excluding carboxylic acids is 3. The predicted molar refractivity (Wildman–Crippen MR) is 92.4 cm³/mol. The topological polar surface area (TPSA) is 78.5 Å². The van der Waals surface area contributed by atoms with Crippen molar-refractivity contribution in [2.45, 2.75) is 26.3 Å². The molecule has 0 bridgehead atoms. The molecule has 3 rings (SSSR count). The standard InChI is InChI=1S/C17H21N3O3.ClH/c1-10-3-4-12-13(7-10)17(23)20(16(12)22)9-15(21)19-14-8-18-6-5-11(14)2;/h3-4,7,11,14,18H,5-6,8-9H2,1-2H3,(H,19,21);1H. The average Bonchev–Trinajstić information content (AvgIpc) is 2.74. The largest absolute Gasteiger partial charge is 0.350 e. The van der Waals surface area contributed by atoms with Crippen LogP contribution in [0.15, 0.2) is 18.2 Å². The van der Waals surface area contributed by atoms with Gasteiger partial charge in [0.25, 0.3) is 11.8 Å². The Hall–Kier alpha value is -1.92. The molecule has 3 amide bonds. The van der Waals surface area contributed by atoms with Gasteiger partial charge in [0.2, 0.25) is 5.91 Å². The van der Waals surface area contributed by atoms with Gasteiger partial charge in [-0.3, -0.25) is 19.3 Å². The number of nitrogens with one attached hydrogen (secondary N) is 2. The van der Waals surface area contributed by atoms with Crippen LogP contribution in [0.3, 0.4) is 0 Å². The van der Waals surface area contributed by atoms with Crippen LogP contribution in [-0.4, -0.2) is 48.3 Å². The second kappa shape index (κ2) is 7.32. The maximum absolute atomic E-state index is 12.4. The Morgan fingerprint density at radius 2 is 2.00 bits per heavy atom. The lowest BCUT2D eigenvalue weighted by molar-refractivity contribution is -0.122. The molecule has 0 aliphatic carbocycles. The first-order chi connectivity index (χ1) is 11.0. The van der Waals surface area contributed by atoms with E-state index in [9.17, 15) is 14.4 Å². The third-order valence-electron chi connectivity index (χ3n) is 4.60. The minimum Gasteiger partial charge on any atom is -0.350 e. The molecule has 2 N–H and O–H groups in total. The molecule has 7 heteroatoms. The van der Waals surface area contributed by atoms with Crippen molar-refractivity contribution >= 4 is 30.1 Å². The second-order valence-electron chi connectivity index (χ2n) is 6.39. The lowest BCUT2D eigenvalue weighted by Crippen LogP contribution is -2.52. The SMILES string of the molecule is Cc1ccc2c(c1)C(=O)N(CC(=O)NC1CNCCC1C)C2=O.Cl. The first-order valence-corrected chi connectivity index (χ1v) is 7.94. The minimum absolute atomic E-state index is 0. The summed E-state index contributed by atoms with van der Waals surface area (Å²) < 4.78 is 0. The van der Waals surface area contributed by atoms with Crippen molar-refractivity contribution in [2.75, 3.05) is 19.6 Å². The van der Waals surface area contributed by atoms with Crippen LogP contribution in [-0.2, 0) is 4.79 Å². The summed E-state index contributed by atoms with van der Waals surface area (Å²) in [7, 11) is 0. The van der Waals surface area contributed by atoms with Gasteiger partial charge in [-0.2, -0.15) is 0 Å². The fraction of sp³-hybridized carbons (Fsp3) is 0.471. The summed E-state index contributed by atoms with van der Waals surface area (Å²) in [6.07, 6.45) is 0.997. The lowest BCUT2D eigenvalue weighted by Gasteiger charge is -2.30. The minimum atomic E-state index is -0.394. The number of benzene rings is 1. The van der Waals surface area contributed by atoms with Crippen LogP contribution in [0.1, 0.15) is 39.6 Å². The van der Waals surface area contributed by atoms with E-state index in [1.807, 2.05) is 6.92 Å². The van der Waals surface area contributed by atoms with Gasteiger partial charge in [0.1, 0.15) is 6.54 Å². The monoisotopic (exact) mass is 351 g/mol. The Labute approximate surface area is 147 Å². The fourth-order valence-electron chi connectivity index (χ4n) is 3.13. The highest BCUT2D eigenvalue weighted by molar-refractivity contribution is 6.22. The van der Waals surface area contributed by atoms with Crippen molar-refractivity contribution < 1.29 is 14.4 Å². The number of imide groups is 1. The molecule has 0 radical (unpaired) electrons. The molecule has 1 aromatic carbocycles. The summed E-state index contributed by atoms with van der Waals surface area (Å²) in [5.41, 5.74) is 1.68. The molecular formula is C17H22ClN3O3. The summed E-state index contributed by atoms with van der Waals surface area (Å²) in [5, 5.41) is 6.17. The Balaban J connectivity index is 0.00000208. The van der Waals surface area contributed by atoms with Gasteiger partial charge in [-0.15, -0.1) is 12.4 Å². The Bertz CT molecular complexity index is 677. The highest BCUT2D eigenvalue weighted by atomic mass is 35.5. The molecule has 2 aliphatic rings. The van der Waals surface area contributed by atoms with Crippen molar-refractivity contribution in [1.29, 1.82) is 0 Å². The van der Waals surface area contributed by atoms with Crippen molar-refractivity contribution in [1.82, 2.24) is 15.5 Å². The smallest absolute Gasteiger partial charge is 0.262 e. The molecule has 130 valence electrons. The van der Waals surface area contributed by atoms with Gasteiger partial charge in [0.05, 0.1) is 11.1 Å². The summed E-state index contributed by atoms with van der Waals surface area (Å²) >= 11 is 0. The van der Waals surface area contributed by atoms with Crippen molar-refractivity contribution in [3.05, 3.63) is 34.9 Å². The Morgan fingerprint density at radius 3 is 2.71 bits per heavy atom. The molecule has 0 saturated carbocycles.